The largest absolute Gasteiger partial charge is 0.450 e. The third-order valence-electron chi connectivity index (χ3n) is 4.38. The molecule has 0 spiro atoms. The Kier molecular flexibility index (Phi) is 6.49. The Labute approximate surface area is 193 Å². The second-order valence-corrected chi connectivity index (χ2v) is 7.38. The average molecular weight is 467 g/mol. The van der Waals surface area contributed by atoms with E-state index in [9.17, 15) is 9.59 Å². The second kappa shape index (κ2) is 9.64. The van der Waals surface area contributed by atoms with Crippen LogP contribution in [0.4, 0.5) is 5.69 Å². The van der Waals surface area contributed by atoms with Gasteiger partial charge >= 0.3 is 5.97 Å². The highest BCUT2D eigenvalue weighted by Crippen LogP contribution is 2.29. The van der Waals surface area contributed by atoms with Crippen LogP contribution < -0.4 is 5.32 Å². The molecule has 0 bridgehead atoms. The molecule has 160 valence electrons. The van der Waals surface area contributed by atoms with Gasteiger partial charge in [0, 0.05) is 5.56 Å². The van der Waals surface area contributed by atoms with Crippen molar-refractivity contribution in [2.24, 2.45) is 0 Å². The Morgan fingerprint density at radius 2 is 1.59 bits per heavy atom. The van der Waals surface area contributed by atoms with Crippen molar-refractivity contribution in [2.75, 3.05) is 11.9 Å². The minimum atomic E-state index is -0.829. The molecule has 1 N–H and O–H groups in total. The first-order valence-corrected chi connectivity index (χ1v) is 10.3. The van der Waals surface area contributed by atoms with Gasteiger partial charge in [-0.3, -0.25) is 4.79 Å². The Bertz CT molecular complexity index is 1200. The van der Waals surface area contributed by atoms with E-state index < -0.39 is 18.5 Å². The van der Waals surface area contributed by atoms with Crippen LogP contribution in [-0.2, 0) is 9.53 Å². The van der Waals surface area contributed by atoms with Crippen LogP contribution in [0.25, 0.3) is 17.1 Å². The maximum Gasteiger partial charge on any atom is 0.378 e. The smallest absolute Gasteiger partial charge is 0.378 e. The van der Waals surface area contributed by atoms with Gasteiger partial charge in [0.15, 0.2) is 12.4 Å². The number of carbonyl (C=O) groups is 2. The summed E-state index contributed by atoms with van der Waals surface area (Å²) in [5.74, 6) is -1.10. The molecule has 0 radical (unpaired) electrons. The van der Waals surface area contributed by atoms with Gasteiger partial charge in [-0.2, -0.15) is 0 Å². The summed E-state index contributed by atoms with van der Waals surface area (Å²) in [6, 6.07) is 23.4. The van der Waals surface area contributed by atoms with Gasteiger partial charge in [-0.25, -0.2) is 14.5 Å². The van der Waals surface area contributed by atoms with Crippen LogP contribution in [0, 0.1) is 0 Å². The molecule has 1 amide bonds. The first-order valence-electron chi connectivity index (χ1n) is 9.52. The maximum absolute atomic E-state index is 12.6. The Hall–Kier alpha value is -3.68. The van der Waals surface area contributed by atoms with Crippen molar-refractivity contribution in [3.05, 3.63) is 94.7 Å². The van der Waals surface area contributed by atoms with Crippen molar-refractivity contribution < 1.29 is 14.3 Å². The van der Waals surface area contributed by atoms with Crippen molar-refractivity contribution in [1.82, 2.24) is 14.8 Å². The lowest BCUT2D eigenvalue weighted by Gasteiger charge is -2.08. The van der Waals surface area contributed by atoms with Crippen LogP contribution in [0.1, 0.15) is 10.6 Å². The van der Waals surface area contributed by atoms with E-state index in [0.29, 0.717) is 16.5 Å². The predicted molar refractivity (Wildman–Crippen MR) is 122 cm³/mol. The van der Waals surface area contributed by atoms with Gasteiger partial charge in [-0.1, -0.05) is 77.8 Å². The van der Waals surface area contributed by atoms with E-state index in [2.05, 4.69) is 15.4 Å². The molecule has 0 fully saturated rings. The van der Waals surface area contributed by atoms with Crippen molar-refractivity contribution in [3.8, 4) is 17.1 Å². The van der Waals surface area contributed by atoms with E-state index in [0.717, 1.165) is 11.3 Å². The number of esters is 1. The number of anilines is 1. The summed E-state index contributed by atoms with van der Waals surface area (Å²) < 4.78 is 6.66. The van der Waals surface area contributed by atoms with Crippen molar-refractivity contribution in [1.29, 1.82) is 0 Å². The summed E-state index contributed by atoms with van der Waals surface area (Å²) in [5.41, 5.74) is 1.82. The molecule has 1 heterocycles. The summed E-state index contributed by atoms with van der Waals surface area (Å²) in [4.78, 5) is 29.1. The van der Waals surface area contributed by atoms with Crippen LogP contribution in [-0.4, -0.2) is 33.2 Å². The van der Waals surface area contributed by atoms with Crippen LogP contribution in [0.2, 0.25) is 10.0 Å². The van der Waals surface area contributed by atoms with Gasteiger partial charge in [0.05, 0.1) is 21.4 Å². The van der Waals surface area contributed by atoms with Crippen molar-refractivity contribution in [2.45, 2.75) is 0 Å². The van der Waals surface area contributed by atoms with Crippen LogP contribution in [0.3, 0.4) is 0 Å². The molecule has 0 unspecified atom stereocenters. The fourth-order valence-corrected chi connectivity index (χ4v) is 3.25. The van der Waals surface area contributed by atoms with Crippen LogP contribution in [0.15, 0.2) is 78.9 Å². The molecule has 9 heteroatoms. The molecule has 0 atom stereocenters. The lowest BCUT2D eigenvalue weighted by Crippen LogP contribution is -2.21. The normalized spacial score (nSPS) is 10.6. The predicted octanol–water partition coefficient (Wildman–Crippen LogP) is 5.04. The lowest BCUT2D eigenvalue weighted by atomic mass is 10.2. The van der Waals surface area contributed by atoms with E-state index in [1.807, 2.05) is 60.7 Å². The minimum absolute atomic E-state index is 0.165. The van der Waals surface area contributed by atoms with E-state index in [1.165, 1.54) is 0 Å². The molecule has 4 rings (SSSR count). The third kappa shape index (κ3) is 4.80. The number of ether oxygens (including phenoxy) is 1. The molecule has 0 aliphatic heterocycles. The molecular formula is C23H16Cl2N4O3. The SMILES string of the molecule is O=C(COC(=O)c1nc(-c2ccccc2)n(-c2ccccc2)n1)Nc1cccc(Cl)c1Cl. The fourth-order valence-electron chi connectivity index (χ4n) is 2.90. The number of nitrogens with zero attached hydrogens (tertiary/aromatic N) is 3. The highest BCUT2D eigenvalue weighted by atomic mass is 35.5. The van der Waals surface area contributed by atoms with E-state index in [-0.39, 0.29) is 10.8 Å². The Morgan fingerprint density at radius 1 is 0.906 bits per heavy atom. The first kappa shape index (κ1) is 21.5. The number of hydrogen-bond donors (Lipinski definition) is 1. The third-order valence-corrected chi connectivity index (χ3v) is 5.20. The van der Waals surface area contributed by atoms with Gasteiger partial charge in [-0.05, 0) is 24.3 Å². The molecule has 32 heavy (non-hydrogen) atoms. The molecule has 0 saturated carbocycles. The molecule has 7 nitrogen and oxygen atoms in total. The van der Waals surface area contributed by atoms with Crippen molar-refractivity contribution in [3.63, 3.8) is 0 Å². The van der Waals surface area contributed by atoms with Gasteiger partial charge < -0.3 is 10.1 Å². The zero-order valence-corrected chi connectivity index (χ0v) is 18.0. The molecule has 0 aliphatic rings. The highest BCUT2D eigenvalue weighted by Gasteiger charge is 2.21. The molecule has 0 saturated heterocycles. The fraction of sp³-hybridized carbons (Fsp3) is 0.0435. The van der Waals surface area contributed by atoms with E-state index in [1.54, 1.807) is 22.9 Å². The van der Waals surface area contributed by atoms with E-state index in [4.69, 9.17) is 27.9 Å². The maximum atomic E-state index is 12.6. The number of amides is 1. The number of carbonyl (C=O) groups excluding carboxylic acids is 2. The molecule has 4 aromatic rings. The van der Waals surface area contributed by atoms with Crippen LogP contribution in [0.5, 0.6) is 0 Å². The number of aromatic nitrogens is 3. The summed E-state index contributed by atoms with van der Waals surface area (Å²) in [5, 5.41) is 7.35. The lowest BCUT2D eigenvalue weighted by molar-refractivity contribution is -0.119. The number of hydrogen-bond acceptors (Lipinski definition) is 5. The minimum Gasteiger partial charge on any atom is -0.450 e. The van der Waals surface area contributed by atoms with Gasteiger partial charge in [0.2, 0.25) is 0 Å². The van der Waals surface area contributed by atoms with Gasteiger partial charge in [-0.15, -0.1) is 5.10 Å². The zero-order valence-electron chi connectivity index (χ0n) is 16.5. The van der Waals surface area contributed by atoms with Gasteiger partial charge in [0.25, 0.3) is 11.7 Å². The van der Waals surface area contributed by atoms with E-state index >= 15 is 0 Å². The Balaban J connectivity index is 1.52. The number of benzene rings is 3. The number of nitrogens with one attached hydrogen (secondary N) is 1. The summed E-state index contributed by atoms with van der Waals surface area (Å²) in [7, 11) is 0. The van der Waals surface area contributed by atoms with Crippen LogP contribution >= 0.6 is 23.2 Å². The first-order chi connectivity index (χ1) is 15.5. The highest BCUT2D eigenvalue weighted by molar-refractivity contribution is 6.44. The van der Waals surface area contributed by atoms with Gasteiger partial charge in [0.1, 0.15) is 0 Å². The summed E-state index contributed by atoms with van der Waals surface area (Å²) >= 11 is 12.0. The number of halogens is 2. The summed E-state index contributed by atoms with van der Waals surface area (Å²) in [6.45, 7) is -0.539. The molecular weight excluding hydrogens is 451 g/mol. The summed E-state index contributed by atoms with van der Waals surface area (Å²) in [6.07, 6.45) is 0. The Morgan fingerprint density at radius 3 is 2.31 bits per heavy atom. The van der Waals surface area contributed by atoms with Crippen molar-refractivity contribution >= 4 is 40.8 Å². The second-order valence-electron chi connectivity index (χ2n) is 6.60. The molecule has 3 aromatic carbocycles. The monoisotopic (exact) mass is 466 g/mol. The standard InChI is InChI=1S/C23H16Cl2N4O3/c24-17-12-7-13-18(20(17)25)26-19(30)14-32-23(31)21-27-22(15-8-3-1-4-9-15)29(28-21)16-10-5-2-6-11-16/h1-13H,14H2,(H,26,30). The molecule has 0 aliphatic carbocycles. The average Bonchev–Trinajstić information content (AvgIpc) is 3.27. The number of rotatable bonds is 6. The topological polar surface area (TPSA) is 86.1 Å². The quantitative estimate of drug-likeness (QED) is 0.402. The zero-order chi connectivity index (χ0) is 22.5. The number of para-hydroxylation sites is 1. The molecule has 1 aromatic heterocycles.